The molecule has 0 aliphatic heterocycles. The van der Waals surface area contributed by atoms with Gasteiger partial charge in [0, 0.05) is 24.7 Å². The van der Waals surface area contributed by atoms with Crippen LogP contribution < -0.4 is 4.72 Å². The Balaban J connectivity index is 3.22. The zero-order chi connectivity index (χ0) is 16.0. The molecule has 0 radical (unpaired) electrons. The molecule has 8 heteroatoms. The maximum Gasteiger partial charge on any atom is 0.303 e. The molecule has 21 heavy (non-hydrogen) atoms. The molecular formula is C13H19ClN2O4S. The van der Waals surface area contributed by atoms with Crippen molar-refractivity contribution < 1.29 is 17.9 Å². The van der Waals surface area contributed by atoms with E-state index in [4.69, 9.17) is 16.3 Å². The van der Waals surface area contributed by atoms with E-state index in [0.717, 1.165) is 0 Å². The highest BCUT2D eigenvalue weighted by molar-refractivity contribution is 7.89. The minimum Gasteiger partial charge on any atom is -0.456 e. The Morgan fingerprint density at radius 2 is 2.19 bits per heavy atom. The Morgan fingerprint density at radius 3 is 2.71 bits per heavy atom. The number of hydrogen-bond donors (Lipinski definition) is 1. The largest absolute Gasteiger partial charge is 0.456 e. The highest BCUT2D eigenvalue weighted by Crippen LogP contribution is 2.25. The molecule has 0 fully saturated rings. The van der Waals surface area contributed by atoms with Crippen molar-refractivity contribution in [3.8, 4) is 0 Å². The molecule has 0 aliphatic carbocycles. The van der Waals surface area contributed by atoms with Crippen molar-refractivity contribution in [1.29, 1.82) is 0 Å². The fraction of sp³-hybridized carbons (Fsp3) is 0.538. The van der Waals surface area contributed by atoms with Gasteiger partial charge in [-0.15, -0.1) is 11.6 Å². The van der Waals surface area contributed by atoms with Crippen molar-refractivity contribution in [2.24, 2.45) is 0 Å². The van der Waals surface area contributed by atoms with Gasteiger partial charge in [-0.1, -0.05) is 13.0 Å². The minimum absolute atomic E-state index is 0.0584. The number of sulfonamides is 1. The van der Waals surface area contributed by atoms with Gasteiger partial charge in [-0.2, -0.15) is 0 Å². The van der Waals surface area contributed by atoms with Crippen molar-refractivity contribution in [3.05, 3.63) is 23.9 Å². The van der Waals surface area contributed by atoms with E-state index in [1.807, 2.05) is 6.92 Å². The molecule has 0 aliphatic rings. The van der Waals surface area contributed by atoms with E-state index in [1.165, 1.54) is 19.2 Å². The number of rotatable bonds is 7. The molecule has 6 nitrogen and oxygen atoms in total. The third kappa shape index (κ3) is 4.94. The molecule has 0 saturated heterocycles. The Hall–Kier alpha value is -1.18. The van der Waals surface area contributed by atoms with Crippen molar-refractivity contribution in [3.63, 3.8) is 0 Å². The zero-order valence-corrected chi connectivity index (χ0v) is 13.7. The zero-order valence-electron chi connectivity index (χ0n) is 12.2. The van der Waals surface area contributed by atoms with Crippen molar-refractivity contribution in [1.82, 2.24) is 9.71 Å². The van der Waals surface area contributed by atoms with E-state index in [-0.39, 0.29) is 22.5 Å². The maximum atomic E-state index is 12.4. The Bertz CT molecular complexity index is 592. The summed E-state index contributed by atoms with van der Waals surface area (Å²) in [6, 6.07) is 2.88. The summed E-state index contributed by atoms with van der Waals surface area (Å²) < 4.78 is 32.3. The van der Waals surface area contributed by atoms with Gasteiger partial charge in [-0.25, -0.2) is 18.1 Å². The van der Waals surface area contributed by atoms with E-state index in [9.17, 15) is 13.2 Å². The molecule has 1 N–H and O–H groups in total. The summed E-state index contributed by atoms with van der Waals surface area (Å²) in [4.78, 5) is 15.0. The quantitative estimate of drug-likeness (QED) is 0.609. The molecule has 0 amide bonds. The summed E-state index contributed by atoms with van der Waals surface area (Å²) >= 11 is 5.78. The van der Waals surface area contributed by atoms with Crippen LogP contribution in [-0.2, 0) is 19.6 Å². The summed E-state index contributed by atoms with van der Waals surface area (Å²) in [5.74, 6) is -0.598. The van der Waals surface area contributed by atoms with Crippen LogP contribution in [0.1, 0.15) is 38.9 Å². The third-order valence-corrected chi connectivity index (χ3v) is 4.66. The number of halogens is 1. The van der Waals surface area contributed by atoms with Crippen molar-refractivity contribution >= 4 is 27.6 Å². The number of pyridine rings is 1. The first-order valence-electron chi connectivity index (χ1n) is 6.52. The predicted octanol–water partition coefficient (Wildman–Crippen LogP) is 2.00. The standard InChI is InChI=1S/C13H19ClN2O4S/c1-4-9(2)16-21(18,19)13-11(6-5-7-15-13)12(8-14)20-10(3)17/h5-7,9,12,16H,4,8H2,1-3H3. The topological polar surface area (TPSA) is 85.4 Å². The number of hydrogen-bond acceptors (Lipinski definition) is 5. The Morgan fingerprint density at radius 1 is 1.52 bits per heavy atom. The smallest absolute Gasteiger partial charge is 0.303 e. The van der Waals surface area contributed by atoms with Gasteiger partial charge in [0.1, 0.15) is 6.10 Å². The van der Waals surface area contributed by atoms with Crippen LogP contribution in [0, 0.1) is 0 Å². The lowest BCUT2D eigenvalue weighted by molar-refractivity contribution is -0.145. The first-order valence-corrected chi connectivity index (χ1v) is 8.54. The number of nitrogens with one attached hydrogen (secondary N) is 1. The number of ether oxygens (including phenoxy) is 1. The van der Waals surface area contributed by atoms with Crippen LogP contribution in [0.3, 0.4) is 0 Å². The second-order valence-corrected chi connectivity index (χ2v) is 6.52. The average Bonchev–Trinajstić information content (AvgIpc) is 2.44. The maximum absolute atomic E-state index is 12.4. The molecule has 1 aromatic heterocycles. The van der Waals surface area contributed by atoms with Crippen molar-refractivity contribution in [2.75, 3.05) is 5.88 Å². The lowest BCUT2D eigenvalue weighted by Gasteiger charge is -2.19. The summed E-state index contributed by atoms with van der Waals surface area (Å²) in [6.07, 6.45) is 1.15. The molecule has 118 valence electrons. The molecule has 1 aromatic rings. The highest BCUT2D eigenvalue weighted by Gasteiger charge is 2.27. The lowest BCUT2D eigenvalue weighted by atomic mass is 10.2. The molecule has 2 unspecified atom stereocenters. The fourth-order valence-corrected chi connectivity index (χ4v) is 3.40. The summed E-state index contributed by atoms with van der Waals surface area (Å²) in [5, 5.41) is -0.169. The second kappa shape index (κ2) is 7.72. The van der Waals surface area contributed by atoms with Gasteiger partial charge in [-0.3, -0.25) is 4.79 Å². The summed E-state index contributed by atoms with van der Waals surface area (Å²) in [6.45, 7) is 4.86. The Labute approximate surface area is 129 Å². The predicted molar refractivity (Wildman–Crippen MR) is 79.5 cm³/mol. The van der Waals surface area contributed by atoms with Gasteiger partial charge >= 0.3 is 5.97 Å². The molecule has 0 saturated carbocycles. The van der Waals surface area contributed by atoms with Crippen LogP contribution in [0.2, 0.25) is 0 Å². The van der Waals surface area contributed by atoms with Crippen LogP contribution in [-0.4, -0.2) is 31.3 Å². The second-order valence-electron chi connectivity index (χ2n) is 4.58. The van der Waals surface area contributed by atoms with E-state index in [2.05, 4.69) is 9.71 Å². The van der Waals surface area contributed by atoms with Gasteiger partial charge < -0.3 is 4.74 Å². The Kier molecular flexibility index (Phi) is 6.57. The molecule has 1 heterocycles. The number of carbonyl (C=O) groups is 1. The van der Waals surface area contributed by atoms with Crippen molar-refractivity contribution in [2.45, 2.75) is 44.4 Å². The van der Waals surface area contributed by atoms with Gasteiger partial charge in [-0.05, 0) is 19.4 Å². The molecule has 0 bridgehead atoms. The first-order chi connectivity index (χ1) is 9.81. The van der Waals surface area contributed by atoms with E-state index < -0.39 is 22.1 Å². The van der Waals surface area contributed by atoms with Crippen LogP contribution in [0.5, 0.6) is 0 Å². The minimum atomic E-state index is -3.80. The number of nitrogens with zero attached hydrogens (tertiary/aromatic N) is 1. The van der Waals surface area contributed by atoms with Gasteiger partial charge in [0.25, 0.3) is 10.0 Å². The van der Waals surface area contributed by atoms with Crippen LogP contribution in [0.15, 0.2) is 23.4 Å². The van der Waals surface area contributed by atoms with Crippen LogP contribution in [0.4, 0.5) is 0 Å². The van der Waals surface area contributed by atoms with Crippen LogP contribution >= 0.6 is 11.6 Å². The number of aromatic nitrogens is 1. The van der Waals surface area contributed by atoms with Crippen LogP contribution in [0.25, 0.3) is 0 Å². The summed E-state index contributed by atoms with van der Waals surface area (Å²) in [5.41, 5.74) is 0.263. The average molecular weight is 335 g/mol. The SMILES string of the molecule is CCC(C)NS(=O)(=O)c1ncccc1C(CCl)OC(C)=O. The van der Waals surface area contributed by atoms with Gasteiger partial charge in [0.05, 0.1) is 5.88 Å². The fourth-order valence-electron chi connectivity index (χ4n) is 1.66. The van der Waals surface area contributed by atoms with E-state index in [0.29, 0.717) is 6.42 Å². The van der Waals surface area contributed by atoms with E-state index >= 15 is 0 Å². The summed E-state index contributed by atoms with van der Waals surface area (Å²) in [7, 11) is -3.80. The number of esters is 1. The molecule has 0 spiro atoms. The number of carbonyl (C=O) groups excluding carboxylic acids is 1. The van der Waals surface area contributed by atoms with Gasteiger partial charge in [0.2, 0.25) is 0 Å². The third-order valence-electron chi connectivity index (χ3n) is 2.82. The number of alkyl halides is 1. The van der Waals surface area contributed by atoms with E-state index in [1.54, 1.807) is 13.0 Å². The highest BCUT2D eigenvalue weighted by atomic mass is 35.5. The monoisotopic (exact) mass is 334 g/mol. The molecular weight excluding hydrogens is 316 g/mol. The molecule has 2 atom stereocenters. The van der Waals surface area contributed by atoms with Gasteiger partial charge in [0.15, 0.2) is 5.03 Å². The molecule has 0 aromatic carbocycles. The lowest BCUT2D eigenvalue weighted by Crippen LogP contribution is -2.33. The first kappa shape index (κ1) is 17.9. The normalized spacial score (nSPS) is 14.5. The molecule has 1 rings (SSSR count).